The fourth-order valence-electron chi connectivity index (χ4n) is 1.33. The van der Waals surface area contributed by atoms with E-state index in [0.29, 0.717) is 11.1 Å². The van der Waals surface area contributed by atoms with Crippen LogP contribution in [0.15, 0.2) is 23.3 Å². The lowest BCUT2D eigenvalue weighted by atomic mass is 10.1. The van der Waals surface area contributed by atoms with Crippen LogP contribution >= 0.6 is 7.82 Å². The van der Waals surface area contributed by atoms with Gasteiger partial charge in [0.15, 0.2) is 0 Å². The zero-order chi connectivity index (χ0) is 21.5. The third-order valence-corrected chi connectivity index (χ3v) is 2.84. The maximum atomic E-state index is 12.3. The summed E-state index contributed by atoms with van der Waals surface area (Å²) < 4.78 is 70.6. The zero-order valence-corrected chi connectivity index (χ0v) is 14.2. The summed E-state index contributed by atoms with van der Waals surface area (Å²) in [4.78, 5) is 30.3. The summed E-state index contributed by atoms with van der Waals surface area (Å²) in [6, 6.07) is 0. The van der Waals surface area contributed by atoms with Gasteiger partial charge in [0.25, 0.3) is 0 Å². The van der Waals surface area contributed by atoms with Gasteiger partial charge in [-0.1, -0.05) is 17.7 Å². The predicted octanol–water partition coefficient (Wildman–Crippen LogP) is 2.54. The van der Waals surface area contributed by atoms with Crippen LogP contribution < -0.4 is 0 Å². The van der Waals surface area contributed by atoms with Gasteiger partial charge in [0.1, 0.15) is 6.61 Å². The molecule has 0 heterocycles. The summed E-state index contributed by atoms with van der Waals surface area (Å²) >= 11 is 0. The maximum absolute atomic E-state index is 12.3. The van der Waals surface area contributed by atoms with E-state index in [4.69, 9.17) is 18.1 Å². The molecule has 142 valence electrons. The molecule has 1 atom stereocenters. The lowest BCUT2D eigenvalue weighted by Gasteiger charge is -2.05. The van der Waals surface area contributed by atoms with Crippen molar-refractivity contribution < 1.29 is 49.1 Å². The maximum Gasteiger partial charge on any atom is 0.503 e. The van der Waals surface area contributed by atoms with Crippen molar-refractivity contribution in [1.29, 1.82) is 0 Å². The first kappa shape index (κ1) is 19.6. The fraction of sp³-hybridized carbons (Fsp3) is 0.538. The molecule has 0 amide bonds. The first-order valence-corrected chi connectivity index (χ1v) is 8.17. The molecule has 0 radical (unpaired) electrons. The number of allylic oxidation sites excluding steroid dienone is 2. The highest BCUT2D eigenvalue weighted by Gasteiger charge is 2.51. The minimum absolute atomic E-state index is 0.237. The third kappa shape index (κ3) is 11.4. The number of alkyl halides is 3. The van der Waals surface area contributed by atoms with E-state index < -0.39 is 38.8 Å². The smallest absolute Gasteiger partial charge is 0.452 e. The van der Waals surface area contributed by atoms with Gasteiger partial charge >= 0.3 is 25.7 Å². The third-order valence-electron chi connectivity index (χ3n) is 2.50. The van der Waals surface area contributed by atoms with E-state index in [2.05, 4.69) is 9.26 Å². The standard InChI is InChI=1S/C13H18F3N2O6P/c1-9(6-7-24-25(20,21)22)4-3-5-10(2)8-23-12(19)11(18-17)13(14,15)16/h5-6H,3-4,7-8H2,1-2H3,(H2,20,21,22)/b9-6+,10-5+/i7TD. The molecule has 0 saturated heterocycles. The number of hydrogen-bond acceptors (Lipinski definition) is 4. The van der Waals surface area contributed by atoms with E-state index in [9.17, 15) is 22.5 Å². The second kappa shape index (κ2) is 10.3. The Labute approximate surface area is 144 Å². The van der Waals surface area contributed by atoms with Crippen molar-refractivity contribution in [2.75, 3.05) is 13.2 Å². The normalized spacial score (nSPS) is 17.1. The van der Waals surface area contributed by atoms with Crippen LogP contribution in [0.5, 0.6) is 0 Å². The number of carbonyl (C=O) groups is 1. The first-order chi connectivity index (χ1) is 12.1. The summed E-state index contributed by atoms with van der Waals surface area (Å²) in [5.41, 5.74) is 6.91. The molecule has 2 N–H and O–H groups in total. The SMILES string of the molecule is [2H]C([3H])(/C=C(\C)CC/C=C(\C)COC(=O)C(=[N+]=[N-])C(F)(F)F)OP(=O)(O)O. The van der Waals surface area contributed by atoms with Crippen molar-refractivity contribution in [2.45, 2.75) is 32.9 Å². The van der Waals surface area contributed by atoms with Crippen molar-refractivity contribution >= 4 is 19.5 Å². The Bertz CT molecular complexity index is 711. The molecule has 0 aliphatic carbocycles. The number of rotatable bonds is 9. The molecule has 1 unspecified atom stereocenters. The summed E-state index contributed by atoms with van der Waals surface area (Å²) in [6.45, 7) is -0.225. The lowest BCUT2D eigenvalue weighted by Crippen LogP contribution is -2.33. The molecule has 0 aromatic heterocycles. The number of hydrogen-bond donors (Lipinski definition) is 2. The molecule has 0 aromatic rings. The molecule has 0 saturated carbocycles. The Balaban J connectivity index is 4.64. The van der Waals surface area contributed by atoms with Crippen molar-refractivity contribution in [2.24, 2.45) is 0 Å². The van der Waals surface area contributed by atoms with E-state index in [-0.39, 0.29) is 12.8 Å². The summed E-state index contributed by atoms with van der Waals surface area (Å²) in [5.74, 6) is -1.84. The van der Waals surface area contributed by atoms with Gasteiger partial charge in [0.2, 0.25) is 0 Å². The van der Waals surface area contributed by atoms with E-state index >= 15 is 0 Å². The molecular weight excluding hydrogens is 368 g/mol. The van der Waals surface area contributed by atoms with E-state index in [0.717, 1.165) is 6.08 Å². The second-order valence-electron chi connectivity index (χ2n) is 4.80. The van der Waals surface area contributed by atoms with Crippen molar-refractivity contribution in [3.8, 4) is 0 Å². The Kier molecular flexibility index (Phi) is 8.03. The molecule has 0 aliphatic heterocycles. The molecule has 8 nitrogen and oxygen atoms in total. The number of ether oxygens (including phenoxy) is 1. The zero-order valence-electron chi connectivity index (χ0n) is 15.3. The van der Waals surface area contributed by atoms with Gasteiger partial charge in [0, 0.05) is 0 Å². The Morgan fingerprint density at radius 1 is 1.40 bits per heavy atom. The van der Waals surface area contributed by atoms with Gasteiger partial charge in [-0.15, -0.1) is 0 Å². The number of esters is 1. The number of phosphoric acid groups is 1. The van der Waals surface area contributed by atoms with Crippen molar-refractivity contribution in [1.82, 2.24) is 0 Å². The molecule has 0 aromatic carbocycles. The van der Waals surface area contributed by atoms with Gasteiger partial charge in [-0.25, -0.2) is 9.36 Å². The second-order valence-corrected chi connectivity index (χ2v) is 5.97. The topological polar surface area (TPSA) is 129 Å². The van der Waals surface area contributed by atoms with Gasteiger partial charge in [-0.05, 0) is 32.3 Å². The van der Waals surface area contributed by atoms with Crippen LogP contribution in [0.2, 0.25) is 0 Å². The number of nitrogens with zero attached hydrogens (tertiary/aromatic N) is 2. The van der Waals surface area contributed by atoms with Crippen molar-refractivity contribution in [3.05, 3.63) is 28.8 Å². The quantitative estimate of drug-likeness (QED) is 0.156. The average molecular weight is 389 g/mol. The number of halogens is 3. The molecule has 0 aliphatic rings. The highest BCUT2D eigenvalue weighted by molar-refractivity contribution is 7.46. The molecular formula is C13H18F3N2O6P. The number of carbonyl (C=O) groups excluding carboxylic acids is 1. The van der Waals surface area contributed by atoms with Crippen LogP contribution in [-0.2, 0) is 18.6 Å². The summed E-state index contributed by atoms with van der Waals surface area (Å²) in [6.07, 6.45) is -2.26. The minimum atomic E-state index is -5.15. The molecule has 12 heteroatoms. The Hall–Kier alpha value is -1.77. The predicted molar refractivity (Wildman–Crippen MR) is 80.4 cm³/mol. The van der Waals surface area contributed by atoms with Crippen molar-refractivity contribution in [3.63, 3.8) is 0 Å². The summed E-state index contributed by atoms with van der Waals surface area (Å²) in [7, 11) is -5.01. The van der Waals surface area contributed by atoms with Gasteiger partial charge in [0.05, 0.1) is 9.30 Å². The van der Waals surface area contributed by atoms with E-state index in [1.54, 1.807) is 0 Å². The van der Waals surface area contributed by atoms with E-state index in [1.807, 2.05) is 4.79 Å². The van der Waals surface area contributed by atoms with Gasteiger partial charge in [-0.2, -0.15) is 18.0 Å². The number of phosphoric ester groups is 1. The minimum Gasteiger partial charge on any atom is -0.452 e. The van der Waals surface area contributed by atoms with Crippen LogP contribution in [0, 0.1) is 0 Å². The Morgan fingerprint density at radius 2 is 2.00 bits per heavy atom. The average Bonchev–Trinajstić information content (AvgIpc) is 2.40. The van der Waals surface area contributed by atoms with Crippen LogP contribution in [0.4, 0.5) is 13.2 Å². The molecule has 0 fully saturated rings. The van der Waals surface area contributed by atoms with E-state index in [1.165, 1.54) is 19.9 Å². The fourth-order valence-corrected chi connectivity index (χ4v) is 1.52. The summed E-state index contributed by atoms with van der Waals surface area (Å²) in [5, 5.41) is 0. The van der Waals surface area contributed by atoms with Gasteiger partial charge < -0.3 is 20.1 Å². The Morgan fingerprint density at radius 3 is 2.48 bits per heavy atom. The molecule has 0 spiro atoms. The lowest BCUT2D eigenvalue weighted by molar-refractivity contribution is -0.153. The molecule has 0 rings (SSSR count). The van der Waals surface area contributed by atoms with Crippen LogP contribution in [0.3, 0.4) is 0 Å². The molecule has 25 heavy (non-hydrogen) atoms. The van der Waals surface area contributed by atoms with Crippen LogP contribution in [0.1, 0.15) is 29.4 Å². The van der Waals surface area contributed by atoms with Gasteiger partial charge in [-0.3, -0.25) is 4.52 Å². The highest BCUT2D eigenvalue weighted by Crippen LogP contribution is 2.35. The largest absolute Gasteiger partial charge is 0.503 e. The van der Waals surface area contributed by atoms with Crippen LogP contribution in [0.25, 0.3) is 5.53 Å². The molecule has 0 bridgehead atoms. The monoisotopic (exact) mass is 389 g/mol. The van der Waals surface area contributed by atoms with Crippen LogP contribution in [-0.4, -0.2) is 45.6 Å². The highest BCUT2D eigenvalue weighted by atomic mass is 31.2. The first-order valence-electron chi connectivity index (χ1n) is 7.64.